The summed E-state index contributed by atoms with van der Waals surface area (Å²) in [6.07, 6.45) is 12.4. The molecular weight excluding hydrogens is 686 g/mol. The van der Waals surface area contributed by atoms with Crippen LogP contribution in [0.15, 0.2) is 0 Å². The molecule has 220 valence electrons. The number of hydrogen-bond acceptors (Lipinski definition) is 10. The van der Waals surface area contributed by atoms with Crippen molar-refractivity contribution in [1.82, 2.24) is 18.6 Å². The van der Waals surface area contributed by atoms with E-state index in [9.17, 15) is 24.0 Å². The Bertz CT molecular complexity index is 346. The van der Waals surface area contributed by atoms with Gasteiger partial charge >= 0.3 is 0 Å². The number of nitrogens with zero attached hydrogens (tertiary/aromatic N) is 5. The molecule has 0 radical (unpaired) electrons. The van der Waals surface area contributed by atoms with E-state index < -0.39 is 0 Å². The first kappa shape index (κ1) is 65.0. The van der Waals surface area contributed by atoms with Gasteiger partial charge in [0.25, 0.3) is 32.1 Å². The van der Waals surface area contributed by atoms with Gasteiger partial charge in [0.15, 0.2) is 0 Å². The van der Waals surface area contributed by atoms with E-state index in [1.165, 1.54) is 78.3 Å². The largest absolute Gasteiger partial charge is 1.00 e. The van der Waals surface area contributed by atoms with Gasteiger partial charge in [-0.1, -0.05) is 0 Å². The highest BCUT2D eigenvalue weighted by Crippen LogP contribution is 1.95. The molecule has 0 aromatic rings. The molecule has 0 aliphatic carbocycles. The van der Waals surface area contributed by atoms with Crippen molar-refractivity contribution >= 4 is 156 Å². The van der Waals surface area contributed by atoms with Crippen LogP contribution in [0.4, 0.5) is 0 Å². The van der Waals surface area contributed by atoms with Crippen LogP contribution in [0.5, 0.6) is 0 Å². The third kappa shape index (κ3) is 86.7. The van der Waals surface area contributed by atoms with Crippen LogP contribution < -0.4 is 23.5 Å². The molecule has 0 saturated heterocycles. The van der Waals surface area contributed by atoms with Gasteiger partial charge in [0.05, 0.1) is 64.1 Å². The van der Waals surface area contributed by atoms with Crippen molar-refractivity contribution in [3.8, 4) is 0 Å². The maximum Gasteiger partial charge on any atom is 0.264 e. The zero-order valence-corrected chi connectivity index (χ0v) is 27.7. The summed E-state index contributed by atoms with van der Waals surface area (Å²) in [4.78, 5) is 48.0. The van der Waals surface area contributed by atoms with E-state index >= 15 is 0 Å². The molecule has 0 saturated carbocycles. The van der Waals surface area contributed by atoms with E-state index in [0.717, 1.165) is 0 Å². The average Bonchev–Trinajstić information content (AvgIpc) is 2.82. The highest BCUT2D eigenvalue weighted by molar-refractivity contribution is 8.03. The van der Waals surface area contributed by atoms with Crippen LogP contribution in [-0.2, 0) is 88.0 Å². The lowest BCUT2D eigenvalue weighted by Crippen LogP contribution is -3.00. The predicted octanol–water partition coefficient (Wildman–Crippen LogP) is -16.7. The Kier molecular flexibility index (Phi) is 111. The molecule has 0 aliphatic heterocycles. The summed E-state index contributed by atoms with van der Waals surface area (Å²) >= 11 is 21.3. The molecule has 0 fully saturated rings. The quantitative estimate of drug-likeness (QED) is 0.0939. The van der Waals surface area contributed by atoms with Gasteiger partial charge in [-0.05, 0) is 0 Å². The first-order valence-corrected chi connectivity index (χ1v) is 14.7. The molecule has 10 nitrogen and oxygen atoms in total. The number of carbonyl (C=O) groups excluding carboxylic acids is 5. The minimum absolute atomic E-state index is 0. The molecule has 0 aliphatic rings. The fourth-order valence-electron chi connectivity index (χ4n) is 0.215. The van der Waals surface area contributed by atoms with Gasteiger partial charge in [0.2, 0.25) is 0 Å². The Hall–Kier alpha value is 0.500. The Balaban J connectivity index is -0.0000000269. The maximum atomic E-state index is 9.59. The summed E-state index contributed by atoms with van der Waals surface area (Å²) in [6, 6.07) is 0. The summed E-state index contributed by atoms with van der Waals surface area (Å²) in [5, 5.41) is 0. The Labute approximate surface area is 251 Å². The lowest BCUT2D eigenvalue weighted by atomic mass is 11.5. The second kappa shape index (κ2) is 59.5. The highest BCUT2D eigenvalue weighted by Gasteiger charge is 1.92. The van der Waals surface area contributed by atoms with E-state index in [1.54, 1.807) is 31.3 Å². The van der Waals surface area contributed by atoms with Gasteiger partial charge < -0.3 is 23.5 Å². The van der Waals surface area contributed by atoms with Crippen molar-refractivity contribution in [3.05, 3.63) is 0 Å². The molecular formula is C10H30F5N5O5S10. The van der Waals surface area contributed by atoms with Crippen molar-refractivity contribution in [2.75, 3.05) is 31.3 Å². The third-order valence-electron chi connectivity index (χ3n) is 1.46. The third-order valence-corrected chi connectivity index (χ3v) is 7.13. The topological polar surface area (TPSA) is 102 Å². The lowest BCUT2D eigenvalue weighted by Gasteiger charge is -1.89. The molecule has 0 atom stereocenters. The Morgan fingerprint density at radius 3 is 0.457 bits per heavy atom. The van der Waals surface area contributed by atoms with Gasteiger partial charge in [-0.2, -0.15) is 0 Å². The monoisotopic (exact) mass is 715 g/mol. The van der Waals surface area contributed by atoms with Crippen molar-refractivity contribution in [3.63, 3.8) is 0 Å². The summed E-state index contributed by atoms with van der Waals surface area (Å²) in [6.45, 7) is 0. The van der Waals surface area contributed by atoms with Crippen LogP contribution in [0.3, 0.4) is 0 Å². The average molecular weight is 716 g/mol. The molecule has 25 heteroatoms. The fourth-order valence-corrected chi connectivity index (χ4v) is 0.645. The minimum Gasteiger partial charge on any atom is -1.00 e. The maximum absolute atomic E-state index is 9.59. The number of rotatable bonds is 10. The van der Waals surface area contributed by atoms with Crippen LogP contribution >= 0.6 is 59.7 Å². The number of halogens is 5. The first-order valence-electron chi connectivity index (χ1n) is 6.54. The number of hydrogen-bond donors (Lipinski definition) is 0. The van der Waals surface area contributed by atoms with E-state index in [-0.39, 0.29) is 23.5 Å². The predicted molar refractivity (Wildman–Crippen MR) is 158 cm³/mol. The van der Waals surface area contributed by atoms with Gasteiger partial charge in [-0.3, -0.25) is 24.0 Å². The van der Waals surface area contributed by atoms with E-state index in [4.69, 9.17) is 0 Å². The van der Waals surface area contributed by atoms with Crippen molar-refractivity contribution in [1.29, 1.82) is 0 Å². The van der Waals surface area contributed by atoms with E-state index in [0.29, 0.717) is 32.1 Å². The molecule has 0 N–H and O–H groups in total. The van der Waals surface area contributed by atoms with Crippen molar-refractivity contribution in [2.45, 2.75) is 0 Å². The first-order chi connectivity index (χ1) is 14.0. The minimum atomic E-state index is 0. The zero-order valence-electron chi connectivity index (χ0n) is 18.6. The summed E-state index contributed by atoms with van der Waals surface area (Å²) in [7, 11) is 0. The molecule has 0 bridgehead atoms. The van der Waals surface area contributed by atoms with Crippen LogP contribution in [0.25, 0.3) is 0 Å². The second-order valence-corrected chi connectivity index (χ2v) is 10.9. The zero-order chi connectivity index (χ0) is 25.0. The van der Waals surface area contributed by atoms with Crippen LogP contribution in [0.1, 0.15) is 0 Å². The smallest absolute Gasteiger partial charge is 0.264 e. The highest BCUT2D eigenvalue weighted by atomic mass is 32.2. The molecule has 0 aromatic heterocycles. The van der Waals surface area contributed by atoms with Gasteiger partial charge in [-0.15, -0.1) is 18.6 Å². The Morgan fingerprint density at radius 1 is 0.371 bits per heavy atom. The fraction of sp³-hybridized carbons (Fsp3) is 0.500. The van der Waals surface area contributed by atoms with Crippen LogP contribution in [0, 0.1) is 0 Å². The molecule has 5 amide bonds. The molecule has 0 aromatic carbocycles. The van der Waals surface area contributed by atoms with E-state index in [2.05, 4.69) is 64.1 Å². The lowest BCUT2D eigenvalue weighted by molar-refractivity contribution is -0.111. The van der Waals surface area contributed by atoms with Gasteiger partial charge in [-0.25, -0.2) is 0 Å². The molecule has 35 heavy (non-hydrogen) atoms. The molecule has 0 rings (SSSR count). The summed E-state index contributed by atoms with van der Waals surface area (Å²) in [5.74, 6) is 0. The Morgan fingerprint density at radius 2 is 0.457 bits per heavy atom. The van der Waals surface area contributed by atoms with E-state index in [1.807, 2.05) is 0 Å². The van der Waals surface area contributed by atoms with Gasteiger partial charge in [0, 0.05) is 91.0 Å². The SMILES string of the molecule is CSN([SH2+])C=O.CSN([SH2+])C=O.CSN([SH2+])C=O.CSN([SH2+])C=O.CSN([SH2+])C=O.[F-].[F-].[F-].[F-].[F-]. The normalized spacial score (nSPS) is 6.57. The summed E-state index contributed by atoms with van der Waals surface area (Å²) in [5.41, 5.74) is 0. The molecule has 0 heterocycles. The molecule has 0 unspecified atom stereocenters. The van der Waals surface area contributed by atoms with Crippen molar-refractivity contribution < 1.29 is 47.5 Å². The summed E-state index contributed by atoms with van der Waals surface area (Å²) < 4.78 is 6.46. The van der Waals surface area contributed by atoms with Crippen molar-refractivity contribution in [2.24, 2.45) is 0 Å². The van der Waals surface area contributed by atoms with Crippen LogP contribution in [-0.4, -0.2) is 81.9 Å². The standard InChI is InChI=1S/5C2H5NOS2.5FH/c5*1-6-3(5)2-4;;;;;/h5*2,5H,1H3;5*1H. The van der Waals surface area contributed by atoms with Gasteiger partial charge in [0.1, 0.15) is 0 Å². The number of amides is 5. The number of carbonyl (C=O) groups is 5. The second-order valence-electron chi connectivity index (χ2n) is 3.07. The molecule has 0 spiro atoms. The van der Waals surface area contributed by atoms with Crippen LogP contribution in [0.2, 0.25) is 0 Å².